The monoisotopic (exact) mass is 558 g/mol. The van der Waals surface area contributed by atoms with Crippen LogP contribution in [-0.4, -0.2) is 67.8 Å². The third-order valence-electron chi connectivity index (χ3n) is 6.35. The molecule has 1 aliphatic heterocycles. The van der Waals surface area contributed by atoms with Gasteiger partial charge in [0.25, 0.3) is 5.91 Å². The van der Waals surface area contributed by atoms with Crippen LogP contribution in [0.2, 0.25) is 5.15 Å². The Kier molecular flexibility index (Phi) is 7.38. The van der Waals surface area contributed by atoms with Gasteiger partial charge < -0.3 is 14.2 Å². The first-order valence-corrected chi connectivity index (χ1v) is 12.4. The molecule has 2 amide bonds. The fourth-order valence-corrected chi connectivity index (χ4v) is 4.39. The second kappa shape index (κ2) is 10.9. The van der Waals surface area contributed by atoms with Gasteiger partial charge in [0.15, 0.2) is 16.7 Å². The second-order valence-electron chi connectivity index (χ2n) is 8.87. The van der Waals surface area contributed by atoms with Crippen molar-refractivity contribution < 1.29 is 27.2 Å². The molecular formula is C26H22ClF3N6O3. The molecule has 4 aromatic rings. The molecule has 0 unspecified atom stereocenters. The molecule has 1 saturated heterocycles. The number of nitrogens with zero attached hydrogens (tertiary/aromatic N) is 6. The molecule has 39 heavy (non-hydrogen) atoms. The lowest BCUT2D eigenvalue weighted by molar-refractivity contribution is -0.137. The van der Waals surface area contributed by atoms with Gasteiger partial charge in [0, 0.05) is 44.6 Å². The molecule has 0 aliphatic carbocycles. The molecule has 1 fully saturated rings. The van der Waals surface area contributed by atoms with Gasteiger partial charge in [-0.3, -0.25) is 9.59 Å². The minimum Gasteiger partial charge on any atom is -0.459 e. The van der Waals surface area contributed by atoms with Crippen LogP contribution in [0.5, 0.6) is 0 Å². The van der Waals surface area contributed by atoms with Crippen molar-refractivity contribution in [3.63, 3.8) is 0 Å². The Morgan fingerprint density at radius 2 is 1.67 bits per heavy atom. The first kappa shape index (κ1) is 26.4. The highest BCUT2D eigenvalue weighted by Crippen LogP contribution is 2.32. The Labute approximate surface area is 225 Å². The first-order valence-electron chi connectivity index (χ1n) is 12.1. The summed E-state index contributed by atoms with van der Waals surface area (Å²) in [5.74, 6) is 0.291. The lowest BCUT2D eigenvalue weighted by Gasteiger charge is -2.34. The van der Waals surface area contributed by atoms with E-state index in [0.29, 0.717) is 55.4 Å². The van der Waals surface area contributed by atoms with Crippen molar-refractivity contribution in [3.8, 4) is 17.1 Å². The van der Waals surface area contributed by atoms with Gasteiger partial charge in [-0.2, -0.15) is 18.3 Å². The van der Waals surface area contributed by atoms with Crippen molar-refractivity contribution in [2.24, 2.45) is 0 Å². The molecule has 0 N–H and O–H groups in total. The Morgan fingerprint density at radius 1 is 0.949 bits per heavy atom. The number of aromatic nitrogens is 4. The maximum absolute atomic E-state index is 13.1. The van der Waals surface area contributed by atoms with Gasteiger partial charge in [-0.1, -0.05) is 23.7 Å². The summed E-state index contributed by atoms with van der Waals surface area (Å²) in [5.41, 5.74) is 0.775. The summed E-state index contributed by atoms with van der Waals surface area (Å²) in [7, 11) is 0. The van der Waals surface area contributed by atoms with Crippen molar-refractivity contribution in [2.45, 2.75) is 19.0 Å². The van der Waals surface area contributed by atoms with Crippen LogP contribution >= 0.6 is 11.6 Å². The third-order valence-corrected chi connectivity index (χ3v) is 6.55. The van der Waals surface area contributed by atoms with E-state index in [1.54, 1.807) is 34.1 Å². The maximum atomic E-state index is 13.1. The van der Waals surface area contributed by atoms with Crippen molar-refractivity contribution in [2.75, 3.05) is 26.2 Å². The molecule has 1 aliphatic rings. The number of hydrogen-bond acceptors (Lipinski definition) is 6. The Morgan fingerprint density at radius 3 is 2.28 bits per heavy atom. The minimum atomic E-state index is -4.45. The average molecular weight is 559 g/mol. The number of alkyl halides is 3. The summed E-state index contributed by atoms with van der Waals surface area (Å²) in [5, 5.41) is 12.6. The first-order chi connectivity index (χ1) is 18.7. The molecule has 0 radical (unpaired) electrons. The highest BCUT2D eigenvalue weighted by molar-refractivity contribution is 6.29. The Balaban J connectivity index is 1.28. The molecule has 13 heteroatoms. The summed E-state index contributed by atoms with van der Waals surface area (Å²) >= 11 is 5.85. The topological polar surface area (TPSA) is 97.4 Å². The van der Waals surface area contributed by atoms with Crippen LogP contribution < -0.4 is 0 Å². The number of amides is 2. The zero-order valence-corrected chi connectivity index (χ0v) is 21.2. The molecule has 0 spiro atoms. The molecule has 0 bridgehead atoms. The van der Waals surface area contributed by atoms with E-state index in [0.717, 1.165) is 12.1 Å². The van der Waals surface area contributed by atoms with Crippen molar-refractivity contribution in [3.05, 3.63) is 83.0 Å². The van der Waals surface area contributed by atoms with Crippen LogP contribution in [0, 0.1) is 0 Å². The van der Waals surface area contributed by atoms with Crippen LogP contribution in [0.3, 0.4) is 0 Å². The molecule has 9 nitrogen and oxygen atoms in total. The van der Waals surface area contributed by atoms with E-state index < -0.39 is 11.7 Å². The summed E-state index contributed by atoms with van der Waals surface area (Å²) in [6.45, 7) is 1.59. The number of aryl methyl sites for hydroxylation is 1. The number of piperazine rings is 1. The van der Waals surface area contributed by atoms with Crippen LogP contribution in [0.25, 0.3) is 17.1 Å². The van der Waals surface area contributed by atoms with Crippen LogP contribution in [0.15, 0.2) is 65.3 Å². The smallest absolute Gasteiger partial charge is 0.416 e. The highest BCUT2D eigenvalue weighted by Gasteiger charge is 2.30. The molecule has 0 saturated carbocycles. The maximum Gasteiger partial charge on any atom is 0.416 e. The summed E-state index contributed by atoms with van der Waals surface area (Å²) in [4.78, 5) is 28.7. The summed E-state index contributed by atoms with van der Waals surface area (Å²) in [6.07, 6.45) is -2.55. The molecule has 1 aromatic carbocycles. The van der Waals surface area contributed by atoms with Gasteiger partial charge in [0.05, 0.1) is 23.2 Å². The number of hydrogen-bond donors (Lipinski definition) is 0. The number of benzene rings is 1. The van der Waals surface area contributed by atoms with E-state index in [-0.39, 0.29) is 29.1 Å². The molecule has 3 aromatic heterocycles. The van der Waals surface area contributed by atoms with Crippen LogP contribution in [0.4, 0.5) is 13.2 Å². The summed E-state index contributed by atoms with van der Waals surface area (Å²) in [6, 6.07) is 12.8. The van der Waals surface area contributed by atoms with Crippen LogP contribution in [0.1, 0.15) is 28.2 Å². The van der Waals surface area contributed by atoms with E-state index in [2.05, 4.69) is 15.3 Å². The Bertz CT molecular complexity index is 1450. The van der Waals surface area contributed by atoms with E-state index in [4.69, 9.17) is 16.0 Å². The Hall–Kier alpha value is -4.19. The molecule has 4 heterocycles. The minimum absolute atomic E-state index is 0.0861. The van der Waals surface area contributed by atoms with Crippen molar-refractivity contribution in [1.29, 1.82) is 0 Å². The predicted molar refractivity (Wildman–Crippen MR) is 134 cm³/mol. The highest BCUT2D eigenvalue weighted by atomic mass is 35.5. The van der Waals surface area contributed by atoms with Gasteiger partial charge in [-0.15, -0.1) is 10.2 Å². The predicted octanol–water partition coefficient (Wildman–Crippen LogP) is 4.51. The van der Waals surface area contributed by atoms with Crippen LogP contribution in [-0.2, 0) is 17.4 Å². The molecule has 0 atom stereocenters. The molecule has 5 rings (SSSR count). The van der Waals surface area contributed by atoms with Gasteiger partial charge in [-0.05, 0) is 42.5 Å². The second-order valence-corrected chi connectivity index (χ2v) is 9.26. The zero-order valence-electron chi connectivity index (χ0n) is 20.4. The normalized spacial score (nSPS) is 14.1. The lowest BCUT2D eigenvalue weighted by Crippen LogP contribution is -2.50. The number of rotatable bonds is 6. The fourth-order valence-electron chi connectivity index (χ4n) is 4.29. The fraction of sp³-hybridized carbons (Fsp3) is 0.269. The standard InChI is InChI=1S/C26H22ClF3N6O3/c27-22-8-9-23(32-31-22)36-20(17-3-5-18(6-4-17)26(28,29)30)16-19(33-36)7-10-24(37)34-11-13-35(14-12-34)25(38)21-2-1-15-39-21/h1-6,8-9,15-16H,7,10-14H2. The van der Waals surface area contributed by atoms with Crippen molar-refractivity contribution in [1.82, 2.24) is 29.8 Å². The van der Waals surface area contributed by atoms with E-state index >= 15 is 0 Å². The lowest BCUT2D eigenvalue weighted by atomic mass is 10.1. The van der Waals surface area contributed by atoms with Gasteiger partial charge in [0.1, 0.15) is 0 Å². The third kappa shape index (κ3) is 5.95. The van der Waals surface area contributed by atoms with Gasteiger partial charge >= 0.3 is 6.18 Å². The van der Waals surface area contributed by atoms with E-state index in [9.17, 15) is 22.8 Å². The summed E-state index contributed by atoms with van der Waals surface area (Å²) < 4.78 is 45.8. The molecule has 202 valence electrons. The number of halogens is 4. The number of furan rings is 1. The molecular weight excluding hydrogens is 537 g/mol. The van der Waals surface area contributed by atoms with Crippen molar-refractivity contribution >= 4 is 23.4 Å². The van der Waals surface area contributed by atoms with E-state index in [1.165, 1.54) is 29.1 Å². The quantitative estimate of drug-likeness (QED) is 0.345. The zero-order chi connectivity index (χ0) is 27.6. The average Bonchev–Trinajstić information content (AvgIpc) is 3.62. The number of carbonyl (C=O) groups excluding carboxylic acids is 2. The SMILES string of the molecule is O=C(CCc1cc(-c2ccc(C(F)(F)F)cc2)n(-c2ccc(Cl)nn2)n1)N1CCN(C(=O)c2ccco2)CC1. The van der Waals surface area contributed by atoms with Gasteiger partial charge in [0.2, 0.25) is 5.91 Å². The van der Waals surface area contributed by atoms with E-state index in [1.807, 2.05) is 0 Å². The number of carbonyl (C=O) groups is 2. The largest absolute Gasteiger partial charge is 0.459 e. The van der Waals surface area contributed by atoms with Gasteiger partial charge in [-0.25, -0.2) is 4.68 Å².